The lowest BCUT2D eigenvalue weighted by Gasteiger charge is -2.40. The van der Waals surface area contributed by atoms with Crippen molar-refractivity contribution in [2.24, 2.45) is 0 Å². The lowest BCUT2D eigenvalue weighted by Crippen LogP contribution is -2.49. The number of rotatable bonds is 2. The van der Waals surface area contributed by atoms with Gasteiger partial charge in [-0.2, -0.15) is 0 Å². The second kappa shape index (κ2) is 5.43. The Balaban J connectivity index is 1.83. The van der Waals surface area contributed by atoms with Crippen molar-refractivity contribution in [3.05, 3.63) is 46.8 Å². The van der Waals surface area contributed by atoms with Crippen LogP contribution in [-0.4, -0.2) is 32.4 Å². The number of nitrogens with zero attached hydrogens (tertiary/aromatic N) is 4. The zero-order valence-electron chi connectivity index (χ0n) is 13.4. The number of fused-ring (bicyclic) bond motifs is 2. The van der Waals surface area contributed by atoms with E-state index in [2.05, 4.69) is 9.97 Å². The molecule has 7 heteroatoms. The van der Waals surface area contributed by atoms with Gasteiger partial charge in [-0.25, -0.2) is 9.97 Å². The number of pyridine rings is 1. The Hall–Kier alpha value is -2.70. The fourth-order valence-corrected chi connectivity index (χ4v) is 3.82. The molecule has 124 valence electrons. The van der Waals surface area contributed by atoms with Crippen LogP contribution in [0.4, 0.5) is 0 Å². The van der Waals surface area contributed by atoms with Crippen molar-refractivity contribution in [3.63, 3.8) is 0 Å². The van der Waals surface area contributed by atoms with Crippen LogP contribution in [0.2, 0.25) is 0 Å². The number of carbonyl (C=O) groups is 1. The largest absolute Gasteiger partial charge is 0.433 e. The highest BCUT2D eigenvalue weighted by Crippen LogP contribution is 2.42. The van der Waals surface area contributed by atoms with E-state index in [1.807, 2.05) is 0 Å². The molecule has 0 radical (unpaired) electrons. The van der Waals surface area contributed by atoms with Gasteiger partial charge in [-0.3, -0.25) is 14.2 Å². The molecular formula is C17H18N4O3. The normalized spacial score (nSPS) is 18.7. The minimum Gasteiger partial charge on any atom is -0.433 e. The number of hydrogen-bond acceptors (Lipinski definition) is 5. The summed E-state index contributed by atoms with van der Waals surface area (Å²) in [5.74, 6) is 0.367. The molecular weight excluding hydrogens is 308 g/mol. The molecule has 2 aromatic heterocycles. The van der Waals surface area contributed by atoms with E-state index in [1.54, 1.807) is 40.9 Å². The molecule has 24 heavy (non-hydrogen) atoms. The highest BCUT2D eigenvalue weighted by atomic mass is 16.5. The van der Waals surface area contributed by atoms with Crippen LogP contribution in [0, 0.1) is 0 Å². The van der Waals surface area contributed by atoms with Crippen LogP contribution in [0.5, 0.6) is 11.6 Å². The van der Waals surface area contributed by atoms with Crippen molar-refractivity contribution in [1.82, 2.24) is 19.4 Å². The summed E-state index contributed by atoms with van der Waals surface area (Å²) in [6.07, 6.45) is 7.62. The van der Waals surface area contributed by atoms with E-state index < -0.39 is 5.66 Å². The molecule has 1 aliphatic heterocycles. The summed E-state index contributed by atoms with van der Waals surface area (Å²) in [7, 11) is 1.78. The Kier molecular flexibility index (Phi) is 3.37. The summed E-state index contributed by atoms with van der Waals surface area (Å²) in [6.45, 7) is 0. The molecule has 4 rings (SSSR count). The maximum absolute atomic E-state index is 13.0. The molecule has 0 unspecified atom stereocenters. The minimum atomic E-state index is -0.563. The van der Waals surface area contributed by atoms with Crippen LogP contribution in [0.15, 0.2) is 35.5 Å². The topological polar surface area (TPSA) is 77.3 Å². The van der Waals surface area contributed by atoms with E-state index in [9.17, 15) is 9.59 Å². The fraction of sp³-hybridized carbons (Fsp3) is 0.412. The fourth-order valence-electron chi connectivity index (χ4n) is 3.82. The number of carbonyl (C=O) groups excluding carboxylic acids is 1. The molecule has 0 aromatic carbocycles. The van der Waals surface area contributed by atoms with Crippen LogP contribution in [0.1, 0.15) is 42.6 Å². The third-order valence-corrected chi connectivity index (χ3v) is 5.04. The second-order valence-corrected chi connectivity index (χ2v) is 6.28. The summed E-state index contributed by atoms with van der Waals surface area (Å²) < 4.78 is 7.25. The lowest BCUT2D eigenvalue weighted by molar-refractivity contribution is 0.0269. The molecule has 0 saturated heterocycles. The van der Waals surface area contributed by atoms with Crippen molar-refractivity contribution in [2.45, 2.75) is 37.8 Å². The SMILES string of the molecule is CN1C(=O)c2ccc(Oc3ccncn3)c(=O)n2C12CCCCC2. The molecule has 1 spiro atoms. The first-order chi connectivity index (χ1) is 11.6. The van der Waals surface area contributed by atoms with Gasteiger partial charge < -0.3 is 9.64 Å². The number of hydrogen-bond donors (Lipinski definition) is 0. The van der Waals surface area contributed by atoms with Gasteiger partial charge in [0.05, 0.1) is 0 Å². The molecule has 0 bridgehead atoms. The first-order valence-corrected chi connectivity index (χ1v) is 8.12. The molecule has 2 aromatic rings. The standard InChI is InChI=1S/C17H18N4O3/c1-20-15(22)12-5-6-13(24-14-7-10-18-11-19-14)16(23)21(12)17(20)8-3-2-4-9-17/h5-7,10-11H,2-4,8-9H2,1H3. The van der Waals surface area contributed by atoms with Gasteiger partial charge in [-0.1, -0.05) is 6.42 Å². The lowest BCUT2D eigenvalue weighted by atomic mass is 9.88. The first kappa shape index (κ1) is 14.9. The molecule has 1 saturated carbocycles. The van der Waals surface area contributed by atoms with Crippen LogP contribution in [0.25, 0.3) is 0 Å². The smallest absolute Gasteiger partial charge is 0.296 e. The van der Waals surface area contributed by atoms with Gasteiger partial charge in [-0.05, 0) is 37.8 Å². The maximum atomic E-state index is 13.0. The molecule has 7 nitrogen and oxygen atoms in total. The highest BCUT2D eigenvalue weighted by molar-refractivity contribution is 5.95. The van der Waals surface area contributed by atoms with Gasteiger partial charge in [0.15, 0.2) is 5.75 Å². The van der Waals surface area contributed by atoms with Gasteiger partial charge in [0.1, 0.15) is 17.7 Å². The minimum absolute atomic E-state index is 0.109. The Labute approximate surface area is 138 Å². The van der Waals surface area contributed by atoms with E-state index in [-0.39, 0.29) is 17.2 Å². The van der Waals surface area contributed by atoms with Gasteiger partial charge in [0.25, 0.3) is 11.5 Å². The van der Waals surface area contributed by atoms with Crippen LogP contribution in [0.3, 0.4) is 0 Å². The number of ether oxygens (including phenoxy) is 1. The van der Waals surface area contributed by atoms with Crippen LogP contribution in [-0.2, 0) is 5.66 Å². The average molecular weight is 326 g/mol. The Morgan fingerprint density at radius 1 is 1.12 bits per heavy atom. The second-order valence-electron chi connectivity index (χ2n) is 6.28. The first-order valence-electron chi connectivity index (χ1n) is 8.12. The Morgan fingerprint density at radius 2 is 1.92 bits per heavy atom. The van der Waals surface area contributed by atoms with Crippen LogP contribution >= 0.6 is 0 Å². The van der Waals surface area contributed by atoms with Gasteiger partial charge in [0.2, 0.25) is 5.88 Å². The summed E-state index contributed by atoms with van der Waals surface area (Å²) in [6, 6.07) is 4.80. The van der Waals surface area contributed by atoms with Crippen molar-refractivity contribution in [2.75, 3.05) is 7.05 Å². The third kappa shape index (κ3) is 2.04. The summed E-state index contributed by atoms with van der Waals surface area (Å²) in [4.78, 5) is 35.2. The Bertz CT molecular complexity index is 841. The molecule has 1 fully saturated rings. The van der Waals surface area contributed by atoms with Crippen molar-refractivity contribution in [3.8, 4) is 11.6 Å². The van der Waals surface area contributed by atoms with E-state index in [1.165, 1.54) is 6.33 Å². The summed E-state index contributed by atoms with van der Waals surface area (Å²) in [5, 5.41) is 0. The summed E-state index contributed by atoms with van der Waals surface area (Å²) in [5.41, 5.74) is -0.419. The zero-order chi connectivity index (χ0) is 16.7. The van der Waals surface area contributed by atoms with E-state index >= 15 is 0 Å². The quantitative estimate of drug-likeness (QED) is 0.845. The van der Waals surface area contributed by atoms with Gasteiger partial charge >= 0.3 is 0 Å². The molecule has 0 N–H and O–H groups in total. The van der Waals surface area contributed by atoms with E-state index in [0.717, 1.165) is 32.1 Å². The highest BCUT2D eigenvalue weighted by Gasteiger charge is 2.49. The van der Waals surface area contributed by atoms with E-state index in [4.69, 9.17) is 4.74 Å². The Morgan fingerprint density at radius 3 is 2.62 bits per heavy atom. The predicted octanol–water partition coefficient (Wildman–Crippen LogP) is 2.13. The zero-order valence-corrected chi connectivity index (χ0v) is 13.4. The average Bonchev–Trinajstić information content (AvgIpc) is 2.82. The van der Waals surface area contributed by atoms with Gasteiger partial charge in [-0.15, -0.1) is 0 Å². The summed E-state index contributed by atoms with van der Waals surface area (Å²) >= 11 is 0. The van der Waals surface area contributed by atoms with Crippen molar-refractivity contribution in [1.29, 1.82) is 0 Å². The molecule has 1 aliphatic carbocycles. The molecule has 2 aliphatic rings. The maximum Gasteiger partial charge on any atom is 0.296 e. The molecule has 1 amide bonds. The van der Waals surface area contributed by atoms with E-state index in [0.29, 0.717) is 11.6 Å². The van der Waals surface area contributed by atoms with Crippen molar-refractivity contribution >= 4 is 5.91 Å². The number of amides is 1. The van der Waals surface area contributed by atoms with Gasteiger partial charge in [0, 0.05) is 19.3 Å². The third-order valence-electron chi connectivity index (χ3n) is 5.04. The monoisotopic (exact) mass is 326 g/mol. The number of aromatic nitrogens is 3. The molecule has 3 heterocycles. The van der Waals surface area contributed by atoms with Crippen molar-refractivity contribution < 1.29 is 9.53 Å². The molecule has 0 atom stereocenters. The predicted molar refractivity (Wildman–Crippen MR) is 86.0 cm³/mol. The van der Waals surface area contributed by atoms with Crippen LogP contribution < -0.4 is 10.3 Å².